The molecule has 1 N–H and O–H groups in total. The first kappa shape index (κ1) is 20.8. The number of amides is 1. The summed E-state index contributed by atoms with van der Waals surface area (Å²) < 4.78 is 40.0. The van der Waals surface area contributed by atoms with Gasteiger partial charge in [0.2, 0.25) is 15.9 Å². The van der Waals surface area contributed by atoms with E-state index in [-0.39, 0.29) is 23.2 Å². The van der Waals surface area contributed by atoms with Crippen LogP contribution in [-0.2, 0) is 21.2 Å². The molecule has 1 unspecified atom stereocenters. The lowest BCUT2D eigenvalue weighted by atomic mass is 9.99. The Bertz CT molecular complexity index is 935. The van der Waals surface area contributed by atoms with Crippen molar-refractivity contribution in [2.24, 2.45) is 5.92 Å². The van der Waals surface area contributed by atoms with Crippen LogP contribution in [0.1, 0.15) is 18.4 Å². The van der Waals surface area contributed by atoms with E-state index in [1.807, 2.05) is 0 Å². The smallest absolute Gasteiger partial charge is 0.243 e. The van der Waals surface area contributed by atoms with Gasteiger partial charge in [0.25, 0.3) is 0 Å². The molecule has 2 aromatic carbocycles. The van der Waals surface area contributed by atoms with Gasteiger partial charge in [0.15, 0.2) is 0 Å². The number of carbonyl (C=O) groups excluding carboxylic acids is 1. The summed E-state index contributed by atoms with van der Waals surface area (Å²) in [6, 6.07) is 12.3. The maximum absolute atomic E-state index is 12.9. The summed E-state index contributed by atoms with van der Waals surface area (Å²) in [6.07, 6.45) is 1.85. The molecule has 2 aromatic rings. The first-order valence-corrected chi connectivity index (χ1v) is 11.0. The number of benzene rings is 2. The van der Waals surface area contributed by atoms with Gasteiger partial charge in [-0.2, -0.15) is 4.31 Å². The number of nitrogens with zero attached hydrogens (tertiary/aromatic N) is 1. The normalized spacial score (nSPS) is 18.0. The van der Waals surface area contributed by atoms with Crippen molar-refractivity contribution < 1.29 is 17.6 Å². The maximum atomic E-state index is 12.9. The van der Waals surface area contributed by atoms with Crippen molar-refractivity contribution in [3.05, 3.63) is 64.9 Å². The predicted molar refractivity (Wildman–Crippen MR) is 106 cm³/mol. The Morgan fingerprint density at radius 3 is 2.68 bits per heavy atom. The third-order valence-corrected chi connectivity index (χ3v) is 6.91. The van der Waals surface area contributed by atoms with E-state index in [4.69, 9.17) is 11.6 Å². The summed E-state index contributed by atoms with van der Waals surface area (Å²) in [5, 5.41) is 3.22. The summed E-state index contributed by atoms with van der Waals surface area (Å²) in [6.45, 7) is 0.952. The fourth-order valence-corrected chi connectivity index (χ4v) is 5.10. The van der Waals surface area contributed by atoms with Crippen molar-refractivity contribution in [2.45, 2.75) is 24.2 Å². The van der Waals surface area contributed by atoms with Crippen LogP contribution < -0.4 is 5.32 Å². The van der Waals surface area contributed by atoms with Gasteiger partial charge in [-0.15, -0.1) is 0 Å². The highest BCUT2D eigenvalue weighted by molar-refractivity contribution is 7.89. The molecule has 0 aromatic heterocycles. The third-order valence-electron chi connectivity index (χ3n) is 4.81. The minimum absolute atomic E-state index is 0.136. The van der Waals surface area contributed by atoms with E-state index in [1.54, 1.807) is 24.3 Å². The van der Waals surface area contributed by atoms with Crippen molar-refractivity contribution in [1.82, 2.24) is 9.62 Å². The second kappa shape index (κ2) is 9.03. The molecule has 1 atom stereocenters. The van der Waals surface area contributed by atoms with Gasteiger partial charge in [0.1, 0.15) is 5.82 Å². The van der Waals surface area contributed by atoms with Crippen LogP contribution in [0.5, 0.6) is 0 Å². The standard InChI is InChI=1S/C20H22ClFN2O3S/c21-17-4-1-5-19(13-17)28(26,27)24-12-2-3-16(14-24)20(25)23-11-10-15-6-8-18(22)9-7-15/h1,4-9,13,16H,2-3,10-12,14H2,(H,23,25). The zero-order chi connectivity index (χ0) is 20.1. The lowest BCUT2D eigenvalue weighted by Crippen LogP contribution is -2.45. The molecule has 3 rings (SSSR count). The van der Waals surface area contributed by atoms with Crippen LogP contribution in [0.15, 0.2) is 53.4 Å². The van der Waals surface area contributed by atoms with Gasteiger partial charge >= 0.3 is 0 Å². The van der Waals surface area contributed by atoms with E-state index in [9.17, 15) is 17.6 Å². The van der Waals surface area contributed by atoms with Crippen LogP contribution in [0.25, 0.3) is 0 Å². The fourth-order valence-electron chi connectivity index (χ4n) is 3.28. The van der Waals surface area contributed by atoms with Crippen LogP contribution >= 0.6 is 11.6 Å². The molecule has 1 saturated heterocycles. The Hall–Kier alpha value is -1.96. The molecule has 0 saturated carbocycles. The summed E-state index contributed by atoms with van der Waals surface area (Å²) in [7, 11) is -3.69. The SMILES string of the molecule is O=C(NCCc1ccc(F)cc1)C1CCCN(S(=O)(=O)c2cccc(Cl)c2)C1. The van der Waals surface area contributed by atoms with Gasteiger partial charge in [-0.05, 0) is 55.2 Å². The lowest BCUT2D eigenvalue weighted by molar-refractivity contribution is -0.126. The van der Waals surface area contributed by atoms with Crippen molar-refractivity contribution in [3.8, 4) is 0 Å². The molecule has 0 radical (unpaired) electrons. The molecule has 150 valence electrons. The summed E-state index contributed by atoms with van der Waals surface area (Å²) in [5.74, 6) is -0.847. The number of hydrogen-bond acceptors (Lipinski definition) is 3. The van der Waals surface area contributed by atoms with Gasteiger partial charge < -0.3 is 5.32 Å². The zero-order valence-corrected chi connectivity index (χ0v) is 16.8. The van der Waals surface area contributed by atoms with E-state index < -0.39 is 15.9 Å². The maximum Gasteiger partial charge on any atom is 0.243 e. The Morgan fingerprint density at radius 2 is 1.96 bits per heavy atom. The first-order chi connectivity index (χ1) is 13.4. The van der Waals surface area contributed by atoms with Gasteiger partial charge in [0.05, 0.1) is 10.8 Å². The van der Waals surface area contributed by atoms with Crippen LogP contribution in [-0.4, -0.2) is 38.3 Å². The highest BCUT2D eigenvalue weighted by Crippen LogP contribution is 2.25. The molecule has 0 aliphatic carbocycles. The van der Waals surface area contributed by atoms with Crippen molar-refractivity contribution >= 4 is 27.5 Å². The Kier molecular flexibility index (Phi) is 6.69. The summed E-state index contributed by atoms with van der Waals surface area (Å²) >= 11 is 5.92. The molecule has 1 heterocycles. The molecule has 1 aliphatic heterocycles. The molecule has 1 fully saturated rings. The number of carbonyl (C=O) groups is 1. The number of nitrogens with one attached hydrogen (secondary N) is 1. The molecule has 28 heavy (non-hydrogen) atoms. The Labute approximate surface area is 169 Å². The Balaban J connectivity index is 1.58. The second-order valence-corrected chi connectivity index (χ2v) is 9.20. The first-order valence-electron chi connectivity index (χ1n) is 9.14. The van der Waals surface area contributed by atoms with E-state index >= 15 is 0 Å². The lowest BCUT2D eigenvalue weighted by Gasteiger charge is -2.31. The molecule has 8 heteroatoms. The largest absolute Gasteiger partial charge is 0.355 e. The van der Waals surface area contributed by atoms with Gasteiger partial charge in [-0.1, -0.05) is 29.8 Å². The molecular weight excluding hydrogens is 403 g/mol. The van der Waals surface area contributed by atoms with Crippen molar-refractivity contribution in [1.29, 1.82) is 0 Å². The van der Waals surface area contributed by atoms with Gasteiger partial charge in [-0.25, -0.2) is 12.8 Å². The van der Waals surface area contributed by atoms with E-state index in [2.05, 4.69) is 5.32 Å². The summed E-state index contributed by atoms with van der Waals surface area (Å²) in [5.41, 5.74) is 0.926. The van der Waals surface area contributed by atoms with Crippen LogP contribution in [0.3, 0.4) is 0 Å². The van der Waals surface area contributed by atoms with Crippen LogP contribution in [0.2, 0.25) is 5.02 Å². The van der Waals surface area contributed by atoms with E-state index in [0.717, 1.165) is 5.56 Å². The van der Waals surface area contributed by atoms with E-state index in [1.165, 1.54) is 28.6 Å². The number of sulfonamides is 1. The average molecular weight is 425 g/mol. The minimum Gasteiger partial charge on any atom is -0.355 e. The van der Waals surface area contributed by atoms with Crippen molar-refractivity contribution in [2.75, 3.05) is 19.6 Å². The number of piperidine rings is 1. The Morgan fingerprint density at radius 1 is 1.21 bits per heavy atom. The molecular formula is C20H22ClFN2O3S. The average Bonchev–Trinajstić information content (AvgIpc) is 2.69. The number of hydrogen-bond donors (Lipinski definition) is 1. The van der Waals surface area contributed by atoms with Gasteiger partial charge in [0, 0.05) is 24.7 Å². The quantitative estimate of drug-likeness (QED) is 0.774. The molecule has 5 nitrogen and oxygen atoms in total. The highest BCUT2D eigenvalue weighted by atomic mass is 35.5. The van der Waals surface area contributed by atoms with Crippen molar-refractivity contribution in [3.63, 3.8) is 0 Å². The number of rotatable bonds is 6. The summed E-state index contributed by atoms with van der Waals surface area (Å²) in [4.78, 5) is 12.6. The fraction of sp³-hybridized carbons (Fsp3) is 0.350. The minimum atomic E-state index is -3.69. The van der Waals surface area contributed by atoms with Crippen LogP contribution in [0.4, 0.5) is 4.39 Å². The van der Waals surface area contributed by atoms with E-state index in [0.29, 0.717) is 37.4 Å². The third kappa shape index (κ3) is 5.10. The second-order valence-electron chi connectivity index (χ2n) is 6.83. The highest BCUT2D eigenvalue weighted by Gasteiger charge is 2.33. The molecule has 1 aliphatic rings. The topological polar surface area (TPSA) is 66.5 Å². The predicted octanol–water partition coefficient (Wildman–Crippen LogP) is 3.24. The number of halogens is 2. The molecule has 1 amide bonds. The van der Waals surface area contributed by atoms with Crippen LogP contribution in [0, 0.1) is 11.7 Å². The molecule has 0 bridgehead atoms. The monoisotopic (exact) mass is 424 g/mol. The molecule has 0 spiro atoms. The zero-order valence-electron chi connectivity index (χ0n) is 15.3. The van der Waals surface area contributed by atoms with Gasteiger partial charge in [-0.3, -0.25) is 4.79 Å².